The molecule has 0 radical (unpaired) electrons. The van der Waals surface area contributed by atoms with Crippen LogP contribution in [0.15, 0.2) is 48.7 Å². The average Bonchev–Trinajstić information content (AvgIpc) is 2.53. The van der Waals surface area contributed by atoms with Crippen LogP contribution >= 0.6 is 11.6 Å². The Hall–Kier alpha value is -1.96. The van der Waals surface area contributed by atoms with Crippen molar-refractivity contribution < 1.29 is 13.2 Å². The topological polar surface area (TPSA) is 79.4 Å². The zero-order valence-electron chi connectivity index (χ0n) is 13.1. The van der Waals surface area contributed by atoms with Crippen LogP contribution in [0.5, 0.6) is 0 Å². The molecule has 1 heterocycles. The molecule has 6 nitrogen and oxygen atoms in total. The Morgan fingerprint density at radius 1 is 1.21 bits per heavy atom. The van der Waals surface area contributed by atoms with Crippen molar-refractivity contribution in [2.45, 2.75) is 13.0 Å². The summed E-state index contributed by atoms with van der Waals surface area (Å²) in [5.74, 6) is -0.271. The van der Waals surface area contributed by atoms with Crippen molar-refractivity contribution in [3.63, 3.8) is 0 Å². The lowest BCUT2D eigenvalue weighted by Gasteiger charge is -2.19. The maximum absolute atomic E-state index is 12.0. The van der Waals surface area contributed by atoms with E-state index < -0.39 is 10.0 Å². The van der Waals surface area contributed by atoms with E-state index in [0.717, 1.165) is 6.26 Å². The molecule has 0 aliphatic heterocycles. The summed E-state index contributed by atoms with van der Waals surface area (Å²) in [5.41, 5.74) is 1.24. The van der Waals surface area contributed by atoms with Crippen molar-refractivity contribution in [2.24, 2.45) is 0 Å². The zero-order valence-corrected chi connectivity index (χ0v) is 14.7. The molecule has 1 amide bonds. The second-order valence-corrected chi connectivity index (χ2v) is 7.64. The summed E-state index contributed by atoms with van der Waals surface area (Å²) in [7, 11) is -3.44. The van der Waals surface area contributed by atoms with E-state index in [0.29, 0.717) is 16.4 Å². The first-order valence-corrected chi connectivity index (χ1v) is 9.47. The summed E-state index contributed by atoms with van der Waals surface area (Å²) in [6.07, 6.45) is 2.76. The predicted molar refractivity (Wildman–Crippen MR) is 94.2 cm³/mol. The van der Waals surface area contributed by atoms with Crippen molar-refractivity contribution in [3.8, 4) is 0 Å². The first kappa shape index (κ1) is 18.4. The predicted octanol–water partition coefficient (Wildman–Crippen LogP) is 2.53. The minimum atomic E-state index is -3.44. The molecule has 2 aromatic rings. The number of sulfonamides is 1. The lowest BCUT2D eigenvalue weighted by atomic mass is 10.3. The zero-order chi connectivity index (χ0) is 17.6. The molecule has 8 heteroatoms. The first-order valence-electron chi connectivity index (χ1n) is 7.25. The van der Waals surface area contributed by atoms with E-state index in [1.807, 2.05) is 0 Å². The van der Waals surface area contributed by atoms with Gasteiger partial charge in [0.05, 0.1) is 18.5 Å². The molecular formula is C16H18ClN3O3S. The Morgan fingerprint density at radius 3 is 2.50 bits per heavy atom. The van der Waals surface area contributed by atoms with Crippen molar-refractivity contribution in [2.75, 3.05) is 18.1 Å². The summed E-state index contributed by atoms with van der Waals surface area (Å²) in [5, 5.41) is 3.28. The van der Waals surface area contributed by atoms with Crippen LogP contribution in [0.2, 0.25) is 5.02 Å². The quantitative estimate of drug-likeness (QED) is 0.815. The molecule has 128 valence electrons. The van der Waals surface area contributed by atoms with E-state index in [-0.39, 0.29) is 25.4 Å². The number of amides is 1. The second kappa shape index (κ2) is 8.23. The summed E-state index contributed by atoms with van der Waals surface area (Å²) < 4.78 is 25.0. The molecule has 0 unspecified atom stereocenters. The van der Waals surface area contributed by atoms with Gasteiger partial charge in [-0.15, -0.1) is 0 Å². The minimum Gasteiger partial charge on any atom is -0.326 e. The Morgan fingerprint density at radius 2 is 1.92 bits per heavy atom. The molecule has 0 saturated carbocycles. The molecule has 0 fully saturated rings. The van der Waals surface area contributed by atoms with Crippen LogP contribution in [0.3, 0.4) is 0 Å². The smallest absolute Gasteiger partial charge is 0.225 e. The Bertz CT molecular complexity index is 780. The van der Waals surface area contributed by atoms with Crippen molar-refractivity contribution in [1.29, 1.82) is 0 Å². The first-order chi connectivity index (χ1) is 11.3. The van der Waals surface area contributed by atoms with E-state index in [2.05, 4.69) is 10.3 Å². The molecule has 0 spiro atoms. The lowest BCUT2D eigenvalue weighted by molar-refractivity contribution is -0.116. The molecule has 0 saturated heterocycles. The fraction of sp³-hybridized carbons (Fsp3) is 0.250. The number of carbonyl (C=O) groups excluding carboxylic acids is 1. The third-order valence-electron chi connectivity index (χ3n) is 3.25. The lowest BCUT2D eigenvalue weighted by Crippen LogP contribution is -2.32. The van der Waals surface area contributed by atoms with Gasteiger partial charge in [-0.05, 0) is 36.4 Å². The summed E-state index contributed by atoms with van der Waals surface area (Å²) in [4.78, 5) is 16.1. The van der Waals surface area contributed by atoms with Gasteiger partial charge >= 0.3 is 0 Å². The van der Waals surface area contributed by atoms with Crippen molar-refractivity contribution in [3.05, 3.63) is 59.4 Å². The van der Waals surface area contributed by atoms with Gasteiger partial charge < -0.3 is 5.32 Å². The van der Waals surface area contributed by atoms with Crippen LogP contribution in [0.4, 0.5) is 5.69 Å². The summed E-state index contributed by atoms with van der Waals surface area (Å²) in [6, 6.07) is 12.0. The van der Waals surface area contributed by atoms with Crippen LogP contribution in [0, 0.1) is 0 Å². The number of carbonyl (C=O) groups is 1. The number of hydrogen-bond acceptors (Lipinski definition) is 4. The molecule has 0 bridgehead atoms. The highest BCUT2D eigenvalue weighted by Gasteiger charge is 2.18. The molecule has 0 aliphatic carbocycles. The maximum Gasteiger partial charge on any atom is 0.225 e. The normalized spacial score (nSPS) is 11.5. The summed E-state index contributed by atoms with van der Waals surface area (Å²) >= 11 is 5.79. The maximum atomic E-state index is 12.0. The van der Waals surface area contributed by atoms with Gasteiger partial charge in [0.25, 0.3) is 0 Å². The van der Waals surface area contributed by atoms with Crippen molar-refractivity contribution in [1.82, 2.24) is 9.29 Å². The molecule has 0 aliphatic rings. The van der Waals surface area contributed by atoms with Gasteiger partial charge in [0.1, 0.15) is 0 Å². The fourth-order valence-corrected chi connectivity index (χ4v) is 2.93. The monoisotopic (exact) mass is 367 g/mol. The Balaban J connectivity index is 1.95. The number of halogens is 1. The van der Waals surface area contributed by atoms with Gasteiger partial charge in [0.2, 0.25) is 15.9 Å². The number of aromatic nitrogens is 1. The molecule has 1 aromatic carbocycles. The minimum absolute atomic E-state index is 0.0442. The number of rotatable bonds is 7. The van der Waals surface area contributed by atoms with E-state index >= 15 is 0 Å². The largest absolute Gasteiger partial charge is 0.326 e. The SMILES string of the molecule is CS(=O)(=O)N(CCC(=O)Nc1ccc(Cl)cc1)Cc1ccccn1. The van der Waals surface area contributed by atoms with Crippen LogP contribution in [0.25, 0.3) is 0 Å². The summed E-state index contributed by atoms with van der Waals surface area (Å²) in [6.45, 7) is 0.211. The third kappa shape index (κ3) is 5.92. The van der Waals surface area contributed by atoms with E-state index in [1.165, 1.54) is 4.31 Å². The molecule has 0 atom stereocenters. The van der Waals surface area contributed by atoms with Crippen LogP contribution in [0.1, 0.15) is 12.1 Å². The van der Waals surface area contributed by atoms with Gasteiger partial charge in [-0.3, -0.25) is 9.78 Å². The molecule has 2 rings (SSSR count). The third-order valence-corrected chi connectivity index (χ3v) is 4.75. The highest BCUT2D eigenvalue weighted by Crippen LogP contribution is 2.14. The fourth-order valence-electron chi connectivity index (χ4n) is 2.02. The van der Waals surface area contributed by atoms with Gasteiger partial charge in [0.15, 0.2) is 0 Å². The van der Waals surface area contributed by atoms with E-state index in [1.54, 1.807) is 48.7 Å². The van der Waals surface area contributed by atoms with Crippen LogP contribution in [-0.4, -0.2) is 36.4 Å². The van der Waals surface area contributed by atoms with Gasteiger partial charge in [-0.1, -0.05) is 17.7 Å². The van der Waals surface area contributed by atoms with E-state index in [4.69, 9.17) is 11.6 Å². The van der Waals surface area contributed by atoms with E-state index in [9.17, 15) is 13.2 Å². The molecular weight excluding hydrogens is 350 g/mol. The Labute approximate surface area is 146 Å². The molecule has 1 N–H and O–H groups in total. The van der Waals surface area contributed by atoms with Gasteiger partial charge in [-0.25, -0.2) is 8.42 Å². The highest BCUT2D eigenvalue weighted by molar-refractivity contribution is 7.88. The second-order valence-electron chi connectivity index (χ2n) is 5.22. The number of pyridine rings is 1. The Kier molecular flexibility index (Phi) is 6.30. The number of nitrogens with zero attached hydrogens (tertiary/aromatic N) is 2. The van der Waals surface area contributed by atoms with Crippen molar-refractivity contribution >= 4 is 33.2 Å². The number of nitrogens with one attached hydrogen (secondary N) is 1. The van der Waals surface area contributed by atoms with Crippen LogP contribution in [-0.2, 0) is 21.4 Å². The molecule has 24 heavy (non-hydrogen) atoms. The number of benzene rings is 1. The molecule has 1 aromatic heterocycles. The standard InChI is InChI=1S/C16H18ClN3O3S/c1-24(22,23)20(12-15-4-2-3-10-18-15)11-9-16(21)19-14-7-5-13(17)6-8-14/h2-8,10H,9,11-12H2,1H3,(H,19,21). The van der Waals surface area contributed by atoms with Gasteiger partial charge in [-0.2, -0.15) is 4.31 Å². The van der Waals surface area contributed by atoms with Crippen LogP contribution < -0.4 is 5.32 Å². The number of anilines is 1. The highest BCUT2D eigenvalue weighted by atomic mass is 35.5. The van der Waals surface area contributed by atoms with Gasteiger partial charge in [0, 0.05) is 29.9 Å². The number of hydrogen-bond donors (Lipinski definition) is 1. The average molecular weight is 368 g/mol.